The molecule has 0 aliphatic carbocycles. The molecule has 3 heterocycles. The van der Waals surface area contributed by atoms with Gasteiger partial charge in [-0.15, -0.1) is 0 Å². The van der Waals surface area contributed by atoms with Crippen molar-refractivity contribution in [1.29, 1.82) is 0 Å². The van der Waals surface area contributed by atoms with E-state index < -0.39 is 0 Å². The van der Waals surface area contributed by atoms with Crippen LogP contribution in [0.4, 0.5) is 5.69 Å². The summed E-state index contributed by atoms with van der Waals surface area (Å²) in [4.78, 5) is 17.1. The standard InChI is InChI=1S/C26H24N4O2S/c1-26(2,3)18-7-8-22-21(13-18)29-25(32-22)20-14-27-30-24(20)17-5-4-6-19(12-17)28-23(31)11-16-9-10-33-15-16/h4-10,12-15H,11H2,1-3H3,(H,27,30)(H,28,31). The SMILES string of the molecule is CC(C)(C)c1ccc2oc(-c3c[nH]nc3-c3cccc(NC(=O)Cc4ccsc4)c3)nc2c1. The number of aromatic nitrogens is 3. The maximum Gasteiger partial charge on any atom is 0.231 e. The molecule has 2 N–H and O–H groups in total. The van der Waals surface area contributed by atoms with E-state index in [1.54, 1.807) is 17.5 Å². The van der Waals surface area contributed by atoms with E-state index in [9.17, 15) is 4.79 Å². The van der Waals surface area contributed by atoms with Gasteiger partial charge in [0.2, 0.25) is 11.8 Å². The number of oxazole rings is 1. The number of carbonyl (C=O) groups is 1. The van der Waals surface area contributed by atoms with Crippen LogP contribution in [0.3, 0.4) is 0 Å². The van der Waals surface area contributed by atoms with Gasteiger partial charge in [0.15, 0.2) is 5.58 Å². The third-order valence-electron chi connectivity index (χ3n) is 5.49. The van der Waals surface area contributed by atoms with Crippen LogP contribution in [-0.4, -0.2) is 21.1 Å². The molecule has 0 bridgehead atoms. The van der Waals surface area contributed by atoms with Crippen molar-refractivity contribution >= 4 is 34.0 Å². The molecule has 0 unspecified atom stereocenters. The van der Waals surface area contributed by atoms with Crippen LogP contribution < -0.4 is 5.32 Å². The van der Waals surface area contributed by atoms with Gasteiger partial charge in [0, 0.05) is 17.4 Å². The quantitative estimate of drug-likeness (QED) is 0.319. The Kier molecular flexibility index (Phi) is 5.34. The lowest BCUT2D eigenvalue weighted by Gasteiger charge is -2.18. The molecule has 0 radical (unpaired) electrons. The van der Waals surface area contributed by atoms with Crippen LogP contribution in [0.1, 0.15) is 31.9 Å². The number of thiophene rings is 1. The summed E-state index contributed by atoms with van der Waals surface area (Å²) >= 11 is 1.58. The fourth-order valence-electron chi connectivity index (χ4n) is 3.71. The van der Waals surface area contributed by atoms with E-state index in [2.05, 4.69) is 48.4 Å². The lowest BCUT2D eigenvalue weighted by molar-refractivity contribution is -0.115. The minimum absolute atomic E-state index is 0.0302. The monoisotopic (exact) mass is 456 g/mol. The second-order valence-electron chi connectivity index (χ2n) is 9.04. The van der Waals surface area contributed by atoms with Crippen LogP contribution in [0.5, 0.6) is 0 Å². The first-order valence-electron chi connectivity index (χ1n) is 10.7. The number of carbonyl (C=O) groups excluding carboxylic acids is 1. The number of H-pyrrole nitrogens is 1. The van der Waals surface area contributed by atoms with Crippen LogP contribution in [0, 0.1) is 0 Å². The van der Waals surface area contributed by atoms with Gasteiger partial charge in [0.05, 0.1) is 12.0 Å². The summed E-state index contributed by atoms with van der Waals surface area (Å²) in [6.07, 6.45) is 2.13. The Balaban J connectivity index is 1.43. The summed E-state index contributed by atoms with van der Waals surface area (Å²) in [6, 6.07) is 15.7. The molecule has 1 amide bonds. The molecule has 166 valence electrons. The zero-order chi connectivity index (χ0) is 23.0. The lowest BCUT2D eigenvalue weighted by Crippen LogP contribution is -2.13. The molecule has 5 rings (SSSR count). The number of aromatic amines is 1. The molecule has 0 atom stereocenters. The Morgan fingerprint density at radius 3 is 2.82 bits per heavy atom. The minimum atomic E-state index is -0.0543. The molecule has 3 aromatic heterocycles. The zero-order valence-corrected chi connectivity index (χ0v) is 19.5. The number of hydrogen-bond donors (Lipinski definition) is 2. The van der Waals surface area contributed by atoms with Gasteiger partial charge in [-0.25, -0.2) is 4.98 Å². The lowest BCUT2D eigenvalue weighted by atomic mass is 9.87. The second-order valence-corrected chi connectivity index (χ2v) is 9.82. The number of rotatable bonds is 5. The van der Waals surface area contributed by atoms with Crippen molar-refractivity contribution in [2.24, 2.45) is 0 Å². The maximum atomic E-state index is 12.4. The van der Waals surface area contributed by atoms with Crippen molar-refractivity contribution in [2.75, 3.05) is 5.32 Å². The smallest absolute Gasteiger partial charge is 0.231 e. The van der Waals surface area contributed by atoms with Crippen molar-refractivity contribution in [3.8, 4) is 22.7 Å². The van der Waals surface area contributed by atoms with Gasteiger partial charge in [-0.2, -0.15) is 16.4 Å². The van der Waals surface area contributed by atoms with E-state index in [1.807, 2.05) is 47.2 Å². The van der Waals surface area contributed by atoms with Crippen molar-refractivity contribution in [3.05, 3.63) is 76.6 Å². The summed E-state index contributed by atoms with van der Waals surface area (Å²) in [5.74, 6) is 0.452. The fraction of sp³-hybridized carbons (Fsp3) is 0.192. The molecule has 33 heavy (non-hydrogen) atoms. The van der Waals surface area contributed by atoms with E-state index in [0.29, 0.717) is 23.7 Å². The number of hydrogen-bond acceptors (Lipinski definition) is 5. The Morgan fingerprint density at radius 1 is 1.15 bits per heavy atom. The predicted octanol–water partition coefficient (Wildman–Crippen LogP) is 6.43. The van der Waals surface area contributed by atoms with Gasteiger partial charge >= 0.3 is 0 Å². The van der Waals surface area contributed by atoms with E-state index >= 15 is 0 Å². The number of anilines is 1. The minimum Gasteiger partial charge on any atom is -0.436 e. The molecule has 0 aliphatic heterocycles. The van der Waals surface area contributed by atoms with Gasteiger partial charge in [-0.3, -0.25) is 9.89 Å². The molecule has 0 saturated heterocycles. The highest BCUT2D eigenvalue weighted by Crippen LogP contribution is 2.34. The topological polar surface area (TPSA) is 83.8 Å². The zero-order valence-electron chi connectivity index (χ0n) is 18.7. The molecule has 7 heteroatoms. The predicted molar refractivity (Wildman–Crippen MR) is 132 cm³/mol. The molecule has 0 spiro atoms. The van der Waals surface area contributed by atoms with Gasteiger partial charge in [-0.05, 0) is 57.6 Å². The van der Waals surface area contributed by atoms with Crippen molar-refractivity contribution in [2.45, 2.75) is 32.6 Å². The molecule has 0 aliphatic rings. The van der Waals surface area contributed by atoms with Crippen LogP contribution in [-0.2, 0) is 16.6 Å². The van der Waals surface area contributed by atoms with Crippen molar-refractivity contribution in [3.63, 3.8) is 0 Å². The van der Waals surface area contributed by atoms with Crippen molar-refractivity contribution < 1.29 is 9.21 Å². The Labute approximate surface area is 195 Å². The first-order valence-corrected chi connectivity index (χ1v) is 11.7. The van der Waals surface area contributed by atoms with Gasteiger partial charge in [-0.1, -0.05) is 39.0 Å². The maximum absolute atomic E-state index is 12.4. The number of amides is 1. The third kappa shape index (κ3) is 4.45. The second kappa shape index (κ2) is 8.33. The van der Waals surface area contributed by atoms with Crippen molar-refractivity contribution in [1.82, 2.24) is 15.2 Å². The van der Waals surface area contributed by atoms with Crippen LogP contribution in [0.2, 0.25) is 0 Å². The summed E-state index contributed by atoms with van der Waals surface area (Å²) in [5, 5.41) is 14.3. The number of benzene rings is 2. The van der Waals surface area contributed by atoms with Gasteiger partial charge in [0.1, 0.15) is 11.2 Å². The van der Waals surface area contributed by atoms with Gasteiger partial charge < -0.3 is 9.73 Å². The molecular weight excluding hydrogens is 432 g/mol. The molecule has 6 nitrogen and oxygen atoms in total. The van der Waals surface area contributed by atoms with Gasteiger partial charge in [0.25, 0.3) is 0 Å². The summed E-state index contributed by atoms with van der Waals surface area (Å²) in [6.45, 7) is 6.53. The number of fused-ring (bicyclic) bond motifs is 1. The van der Waals surface area contributed by atoms with Crippen LogP contribution >= 0.6 is 11.3 Å². The number of nitrogens with zero attached hydrogens (tertiary/aromatic N) is 2. The average Bonchev–Trinajstić information content (AvgIpc) is 3.52. The molecule has 2 aromatic carbocycles. The normalized spacial score (nSPS) is 11.7. The third-order valence-corrected chi connectivity index (χ3v) is 6.22. The van der Waals surface area contributed by atoms with Crippen LogP contribution in [0.25, 0.3) is 33.8 Å². The Hall–Kier alpha value is -3.71. The Morgan fingerprint density at radius 2 is 2.03 bits per heavy atom. The Bertz CT molecular complexity index is 1420. The molecule has 5 aromatic rings. The van der Waals surface area contributed by atoms with E-state index in [4.69, 9.17) is 9.40 Å². The molecule has 0 saturated carbocycles. The highest BCUT2D eigenvalue weighted by Gasteiger charge is 2.19. The van der Waals surface area contributed by atoms with E-state index in [1.165, 1.54) is 5.56 Å². The summed E-state index contributed by atoms with van der Waals surface area (Å²) < 4.78 is 6.06. The summed E-state index contributed by atoms with van der Waals surface area (Å²) in [7, 11) is 0. The first kappa shape index (κ1) is 21.2. The first-order chi connectivity index (χ1) is 15.9. The summed E-state index contributed by atoms with van der Waals surface area (Å²) in [5.41, 5.74) is 6.85. The highest BCUT2D eigenvalue weighted by molar-refractivity contribution is 7.08. The van der Waals surface area contributed by atoms with E-state index in [0.717, 1.165) is 27.8 Å². The fourth-order valence-corrected chi connectivity index (χ4v) is 4.38. The molecule has 0 fully saturated rings. The number of nitrogens with one attached hydrogen (secondary N) is 2. The molecular formula is C26H24N4O2S. The highest BCUT2D eigenvalue weighted by atomic mass is 32.1. The largest absolute Gasteiger partial charge is 0.436 e. The van der Waals surface area contributed by atoms with Crippen LogP contribution in [0.15, 0.2) is 69.9 Å². The van der Waals surface area contributed by atoms with E-state index in [-0.39, 0.29) is 11.3 Å². The average molecular weight is 457 g/mol.